The molecule has 1 unspecified atom stereocenters. The molecule has 0 N–H and O–H groups in total. The summed E-state index contributed by atoms with van der Waals surface area (Å²) in [6, 6.07) is 0. The van der Waals surface area contributed by atoms with Crippen LogP contribution in [0.1, 0.15) is 47.0 Å². The fourth-order valence-corrected chi connectivity index (χ4v) is 2.62. The molecular formula is C13H22O2. The summed E-state index contributed by atoms with van der Waals surface area (Å²) in [5, 5.41) is 0. The Morgan fingerprint density at radius 1 is 1.60 bits per heavy atom. The topological polar surface area (TPSA) is 26.3 Å². The Morgan fingerprint density at radius 2 is 2.27 bits per heavy atom. The monoisotopic (exact) mass is 210 g/mol. The van der Waals surface area contributed by atoms with E-state index in [2.05, 4.69) is 26.8 Å². The lowest BCUT2D eigenvalue weighted by Crippen LogP contribution is -2.23. The second-order valence-corrected chi connectivity index (χ2v) is 5.33. The summed E-state index contributed by atoms with van der Waals surface area (Å²) < 4.78 is 4.98. The van der Waals surface area contributed by atoms with Gasteiger partial charge in [-0.05, 0) is 38.0 Å². The molecule has 0 fully saturated rings. The lowest BCUT2D eigenvalue weighted by atomic mass is 9.72. The van der Waals surface area contributed by atoms with Gasteiger partial charge in [0.05, 0.1) is 13.0 Å². The number of ether oxygens (including phenoxy) is 1. The fourth-order valence-electron chi connectivity index (χ4n) is 2.62. The lowest BCUT2D eigenvalue weighted by molar-refractivity contribution is -0.144. The first-order chi connectivity index (χ1) is 6.93. The Kier molecular flexibility index (Phi) is 3.95. The molecule has 0 spiro atoms. The molecule has 1 rings (SSSR count). The molecule has 0 amide bonds. The highest BCUT2D eigenvalue weighted by Crippen LogP contribution is 2.39. The number of allylic oxidation sites excluding steroid dienone is 2. The van der Waals surface area contributed by atoms with Crippen LogP contribution in [-0.2, 0) is 9.53 Å². The SMILES string of the molecule is CCOC(=O)CC1C=C(C)CC(C)(C)C1. The molecule has 0 aromatic carbocycles. The zero-order valence-electron chi connectivity index (χ0n) is 10.3. The Balaban J connectivity index is 2.56. The summed E-state index contributed by atoms with van der Waals surface area (Å²) in [6.07, 6.45) is 5.01. The van der Waals surface area contributed by atoms with Gasteiger partial charge in [-0.15, -0.1) is 0 Å². The van der Waals surface area contributed by atoms with Crippen molar-refractivity contribution in [2.45, 2.75) is 47.0 Å². The molecule has 0 radical (unpaired) electrons. The van der Waals surface area contributed by atoms with Crippen molar-refractivity contribution < 1.29 is 9.53 Å². The van der Waals surface area contributed by atoms with Crippen molar-refractivity contribution in [3.05, 3.63) is 11.6 Å². The van der Waals surface area contributed by atoms with Crippen LogP contribution in [-0.4, -0.2) is 12.6 Å². The summed E-state index contributed by atoms with van der Waals surface area (Å²) in [6.45, 7) is 9.02. The van der Waals surface area contributed by atoms with Crippen LogP contribution in [0.2, 0.25) is 0 Å². The highest BCUT2D eigenvalue weighted by molar-refractivity contribution is 5.70. The Labute approximate surface area is 92.7 Å². The van der Waals surface area contributed by atoms with Crippen LogP contribution < -0.4 is 0 Å². The van der Waals surface area contributed by atoms with Crippen LogP contribution >= 0.6 is 0 Å². The van der Waals surface area contributed by atoms with Gasteiger partial charge < -0.3 is 4.74 Å². The fraction of sp³-hybridized carbons (Fsp3) is 0.769. The van der Waals surface area contributed by atoms with Gasteiger partial charge in [0.2, 0.25) is 0 Å². The van der Waals surface area contributed by atoms with Gasteiger partial charge in [-0.2, -0.15) is 0 Å². The molecule has 0 saturated heterocycles. The molecule has 0 saturated carbocycles. The molecular weight excluding hydrogens is 188 g/mol. The van der Waals surface area contributed by atoms with Crippen molar-refractivity contribution >= 4 is 5.97 Å². The molecule has 1 aliphatic rings. The largest absolute Gasteiger partial charge is 0.466 e. The van der Waals surface area contributed by atoms with Crippen LogP contribution in [0, 0.1) is 11.3 Å². The van der Waals surface area contributed by atoms with Gasteiger partial charge in [-0.25, -0.2) is 0 Å². The van der Waals surface area contributed by atoms with Crippen molar-refractivity contribution in [2.75, 3.05) is 6.61 Å². The van der Waals surface area contributed by atoms with E-state index in [4.69, 9.17) is 4.74 Å². The summed E-state index contributed by atoms with van der Waals surface area (Å²) in [7, 11) is 0. The first-order valence-electron chi connectivity index (χ1n) is 5.76. The standard InChI is InChI=1S/C13H22O2/c1-5-15-12(14)7-11-6-10(2)8-13(3,4)9-11/h6,11H,5,7-9H2,1-4H3. The minimum absolute atomic E-state index is 0.0655. The van der Waals surface area contributed by atoms with E-state index in [0.29, 0.717) is 24.4 Å². The zero-order chi connectivity index (χ0) is 11.5. The average Bonchev–Trinajstić information content (AvgIpc) is 1.99. The number of hydrogen-bond donors (Lipinski definition) is 0. The molecule has 0 aliphatic heterocycles. The minimum atomic E-state index is -0.0655. The maximum Gasteiger partial charge on any atom is 0.306 e. The van der Waals surface area contributed by atoms with E-state index in [9.17, 15) is 4.79 Å². The van der Waals surface area contributed by atoms with Crippen LogP contribution in [0.4, 0.5) is 0 Å². The molecule has 0 heterocycles. The van der Waals surface area contributed by atoms with E-state index >= 15 is 0 Å². The quantitative estimate of drug-likeness (QED) is 0.527. The summed E-state index contributed by atoms with van der Waals surface area (Å²) in [5.74, 6) is 0.303. The Bertz CT molecular complexity index is 264. The maximum atomic E-state index is 11.4. The molecule has 15 heavy (non-hydrogen) atoms. The van der Waals surface area contributed by atoms with Crippen molar-refractivity contribution in [3.63, 3.8) is 0 Å². The highest BCUT2D eigenvalue weighted by atomic mass is 16.5. The van der Waals surface area contributed by atoms with E-state index in [0.717, 1.165) is 12.8 Å². The summed E-state index contributed by atoms with van der Waals surface area (Å²) in [5.41, 5.74) is 1.73. The minimum Gasteiger partial charge on any atom is -0.466 e. The van der Waals surface area contributed by atoms with Gasteiger partial charge in [0, 0.05) is 0 Å². The summed E-state index contributed by atoms with van der Waals surface area (Å²) in [4.78, 5) is 11.4. The Hall–Kier alpha value is -0.790. The van der Waals surface area contributed by atoms with E-state index < -0.39 is 0 Å². The predicted octanol–water partition coefficient (Wildman–Crippen LogP) is 3.32. The molecule has 2 heteroatoms. The normalized spacial score (nSPS) is 24.5. The molecule has 1 aliphatic carbocycles. The van der Waals surface area contributed by atoms with Gasteiger partial charge in [0.1, 0.15) is 0 Å². The van der Waals surface area contributed by atoms with E-state index in [1.165, 1.54) is 5.57 Å². The van der Waals surface area contributed by atoms with E-state index in [1.807, 2.05) is 6.92 Å². The van der Waals surface area contributed by atoms with Crippen molar-refractivity contribution in [1.29, 1.82) is 0 Å². The van der Waals surface area contributed by atoms with Gasteiger partial charge >= 0.3 is 5.97 Å². The number of carbonyl (C=O) groups excluding carboxylic acids is 1. The van der Waals surface area contributed by atoms with Gasteiger partial charge in [-0.1, -0.05) is 25.5 Å². The molecule has 1 atom stereocenters. The van der Waals surface area contributed by atoms with Crippen LogP contribution in [0.5, 0.6) is 0 Å². The Morgan fingerprint density at radius 3 is 2.80 bits per heavy atom. The smallest absolute Gasteiger partial charge is 0.306 e. The third-order valence-corrected chi connectivity index (χ3v) is 2.83. The molecule has 0 bridgehead atoms. The van der Waals surface area contributed by atoms with Crippen LogP contribution in [0.3, 0.4) is 0 Å². The van der Waals surface area contributed by atoms with E-state index in [1.54, 1.807) is 0 Å². The number of hydrogen-bond acceptors (Lipinski definition) is 2. The third-order valence-electron chi connectivity index (χ3n) is 2.83. The average molecular weight is 210 g/mol. The number of esters is 1. The van der Waals surface area contributed by atoms with E-state index in [-0.39, 0.29) is 5.97 Å². The van der Waals surface area contributed by atoms with Gasteiger partial charge in [-0.3, -0.25) is 4.79 Å². The number of rotatable bonds is 3. The van der Waals surface area contributed by atoms with Crippen molar-refractivity contribution in [3.8, 4) is 0 Å². The van der Waals surface area contributed by atoms with Gasteiger partial charge in [0.15, 0.2) is 0 Å². The zero-order valence-corrected chi connectivity index (χ0v) is 10.3. The summed E-state index contributed by atoms with van der Waals surface area (Å²) >= 11 is 0. The first kappa shape index (κ1) is 12.3. The molecule has 0 aromatic rings. The molecule has 86 valence electrons. The molecule has 0 aromatic heterocycles. The van der Waals surface area contributed by atoms with Crippen LogP contribution in [0.25, 0.3) is 0 Å². The van der Waals surface area contributed by atoms with Gasteiger partial charge in [0.25, 0.3) is 0 Å². The number of carbonyl (C=O) groups is 1. The lowest BCUT2D eigenvalue weighted by Gasteiger charge is -2.33. The predicted molar refractivity (Wildman–Crippen MR) is 61.5 cm³/mol. The van der Waals surface area contributed by atoms with Crippen molar-refractivity contribution in [2.24, 2.45) is 11.3 Å². The molecule has 2 nitrogen and oxygen atoms in total. The van der Waals surface area contributed by atoms with Crippen LogP contribution in [0.15, 0.2) is 11.6 Å². The maximum absolute atomic E-state index is 11.4. The second-order valence-electron chi connectivity index (χ2n) is 5.33. The second kappa shape index (κ2) is 4.82. The highest BCUT2D eigenvalue weighted by Gasteiger charge is 2.28. The third kappa shape index (κ3) is 4.06. The van der Waals surface area contributed by atoms with Crippen molar-refractivity contribution in [1.82, 2.24) is 0 Å². The first-order valence-corrected chi connectivity index (χ1v) is 5.76.